The summed E-state index contributed by atoms with van der Waals surface area (Å²) in [6, 6.07) is 3.99. The number of esters is 1. The largest absolute Gasteiger partial charge is 0.465 e. The number of ether oxygens (including phenoxy) is 1. The molecule has 0 saturated heterocycles. The number of rotatable bonds is 3. The van der Waals surface area contributed by atoms with Crippen molar-refractivity contribution in [2.45, 2.75) is 13.0 Å². The second-order valence-electron chi connectivity index (χ2n) is 2.90. The third-order valence-corrected chi connectivity index (χ3v) is 2.58. The van der Waals surface area contributed by atoms with E-state index in [9.17, 15) is 4.79 Å². The summed E-state index contributed by atoms with van der Waals surface area (Å²) in [4.78, 5) is 11.3. The van der Waals surface area contributed by atoms with Gasteiger partial charge in [0.25, 0.3) is 0 Å². The minimum absolute atomic E-state index is 0. The van der Waals surface area contributed by atoms with Gasteiger partial charge in [0.05, 0.1) is 16.7 Å². The minimum atomic E-state index is -0.820. The predicted molar refractivity (Wildman–Crippen MR) is 67.3 cm³/mol. The minimum Gasteiger partial charge on any atom is -0.465 e. The summed E-state index contributed by atoms with van der Waals surface area (Å²) in [5, 5.41) is 0.797. The predicted octanol–water partition coefficient (Wildman–Crippen LogP) is 2.98. The Morgan fingerprint density at radius 3 is 2.56 bits per heavy atom. The Morgan fingerprint density at radius 2 is 2.06 bits per heavy atom. The van der Waals surface area contributed by atoms with Gasteiger partial charge in [0, 0.05) is 0 Å². The van der Waals surface area contributed by atoms with Crippen LogP contribution in [0, 0.1) is 0 Å². The lowest BCUT2D eigenvalue weighted by Gasteiger charge is -2.11. The van der Waals surface area contributed by atoms with E-state index in [-0.39, 0.29) is 12.4 Å². The second-order valence-corrected chi connectivity index (χ2v) is 3.72. The van der Waals surface area contributed by atoms with Crippen molar-refractivity contribution in [2.24, 2.45) is 5.73 Å². The van der Waals surface area contributed by atoms with Crippen LogP contribution < -0.4 is 5.73 Å². The third-order valence-electron chi connectivity index (χ3n) is 1.84. The van der Waals surface area contributed by atoms with E-state index in [1.54, 1.807) is 25.1 Å². The number of halogens is 3. The average Bonchev–Trinajstić information content (AvgIpc) is 2.21. The van der Waals surface area contributed by atoms with E-state index in [2.05, 4.69) is 0 Å². The van der Waals surface area contributed by atoms with Crippen molar-refractivity contribution in [1.82, 2.24) is 0 Å². The standard InChI is InChI=1S/C10H11Cl2NO2.ClH/c1-2-15-10(14)9(13)6-3-4-7(11)8(12)5-6;/h3-5,9H,2,13H2,1H3;1H. The van der Waals surface area contributed by atoms with Gasteiger partial charge in [-0.1, -0.05) is 29.3 Å². The fraction of sp³-hybridized carbons (Fsp3) is 0.300. The fourth-order valence-corrected chi connectivity index (χ4v) is 1.38. The lowest BCUT2D eigenvalue weighted by molar-refractivity contribution is -0.144. The Labute approximate surface area is 110 Å². The smallest absolute Gasteiger partial charge is 0.327 e. The van der Waals surface area contributed by atoms with E-state index in [0.717, 1.165) is 0 Å². The lowest BCUT2D eigenvalue weighted by atomic mass is 10.1. The molecular weight excluding hydrogens is 272 g/mol. The van der Waals surface area contributed by atoms with Crippen LogP contribution in [0.5, 0.6) is 0 Å². The molecule has 1 atom stereocenters. The quantitative estimate of drug-likeness (QED) is 0.868. The molecule has 1 rings (SSSR count). The monoisotopic (exact) mass is 283 g/mol. The number of carbonyl (C=O) groups is 1. The van der Waals surface area contributed by atoms with Gasteiger partial charge in [-0.15, -0.1) is 12.4 Å². The molecule has 90 valence electrons. The summed E-state index contributed by atoms with van der Waals surface area (Å²) in [5.41, 5.74) is 6.25. The molecule has 3 nitrogen and oxygen atoms in total. The summed E-state index contributed by atoms with van der Waals surface area (Å²) in [5.74, 6) is -0.476. The molecule has 1 unspecified atom stereocenters. The molecule has 0 aliphatic heterocycles. The summed E-state index contributed by atoms with van der Waals surface area (Å²) < 4.78 is 4.79. The van der Waals surface area contributed by atoms with Crippen LogP contribution in [0.15, 0.2) is 18.2 Å². The number of hydrogen-bond acceptors (Lipinski definition) is 3. The van der Waals surface area contributed by atoms with Gasteiger partial charge >= 0.3 is 5.97 Å². The van der Waals surface area contributed by atoms with Crippen LogP contribution >= 0.6 is 35.6 Å². The van der Waals surface area contributed by atoms with Crippen LogP contribution in [-0.4, -0.2) is 12.6 Å². The first kappa shape index (κ1) is 15.5. The molecule has 0 aliphatic rings. The van der Waals surface area contributed by atoms with Crippen molar-refractivity contribution in [1.29, 1.82) is 0 Å². The maximum atomic E-state index is 11.3. The van der Waals surface area contributed by atoms with E-state index in [4.69, 9.17) is 33.7 Å². The normalized spacial score (nSPS) is 11.5. The number of carbonyl (C=O) groups excluding carboxylic acids is 1. The average molecular weight is 285 g/mol. The molecule has 0 spiro atoms. The van der Waals surface area contributed by atoms with Crippen molar-refractivity contribution < 1.29 is 9.53 Å². The van der Waals surface area contributed by atoms with Gasteiger partial charge in [0.2, 0.25) is 0 Å². The molecule has 0 saturated carbocycles. The molecule has 6 heteroatoms. The molecule has 0 bridgehead atoms. The number of hydrogen-bond donors (Lipinski definition) is 1. The molecule has 1 aromatic rings. The van der Waals surface area contributed by atoms with Crippen molar-refractivity contribution in [3.63, 3.8) is 0 Å². The van der Waals surface area contributed by atoms with Gasteiger partial charge in [-0.05, 0) is 24.6 Å². The zero-order valence-corrected chi connectivity index (χ0v) is 10.9. The molecule has 1 aromatic carbocycles. The van der Waals surface area contributed by atoms with E-state index >= 15 is 0 Å². The van der Waals surface area contributed by atoms with E-state index in [1.807, 2.05) is 0 Å². The zero-order valence-electron chi connectivity index (χ0n) is 8.57. The van der Waals surface area contributed by atoms with Gasteiger partial charge in [0.15, 0.2) is 0 Å². The highest BCUT2D eigenvalue weighted by Crippen LogP contribution is 2.25. The van der Waals surface area contributed by atoms with Crippen LogP contribution in [0.1, 0.15) is 18.5 Å². The molecule has 0 aliphatic carbocycles. The Morgan fingerprint density at radius 1 is 1.44 bits per heavy atom. The third kappa shape index (κ3) is 3.83. The summed E-state index contributed by atoms with van der Waals surface area (Å²) in [7, 11) is 0. The lowest BCUT2D eigenvalue weighted by Crippen LogP contribution is -2.23. The highest BCUT2D eigenvalue weighted by Gasteiger charge is 2.17. The van der Waals surface area contributed by atoms with Crippen LogP contribution in [-0.2, 0) is 9.53 Å². The van der Waals surface area contributed by atoms with Crippen LogP contribution in [0.4, 0.5) is 0 Å². The molecule has 16 heavy (non-hydrogen) atoms. The zero-order chi connectivity index (χ0) is 11.4. The molecule has 2 N–H and O–H groups in total. The van der Waals surface area contributed by atoms with E-state index in [1.165, 1.54) is 0 Å². The summed E-state index contributed by atoms with van der Waals surface area (Å²) in [6.07, 6.45) is 0. The van der Waals surface area contributed by atoms with Gasteiger partial charge < -0.3 is 10.5 Å². The van der Waals surface area contributed by atoms with Gasteiger partial charge in [-0.2, -0.15) is 0 Å². The van der Waals surface area contributed by atoms with Crippen molar-refractivity contribution in [2.75, 3.05) is 6.61 Å². The van der Waals surface area contributed by atoms with Crippen LogP contribution in [0.2, 0.25) is 10.0 Å². The Hall–Kier alpha value is -0.480. The maximum absolute atomic E-state index is 11.3. The van der Waals surface area contributed by atoms with Crippen LogP contribution in [0.3, 0.4) is 0 Å². The number of nitrogens with two attached hydrogens (primary N) is 1. The highest BCUT2D eigenvalue weighted by atomic mass is 35.5. The van der Waals surface area contributed by atoms with E-state index < -0.39 is 12.0 Å². The molecule has 0 radical (unpaired) electrons. The summed E-state index contributed by atoms with van der Waals surface area (Å²) in [6.45, 7) is 2.02. The molecule has 0 fully saturated rings. The maximum Gasteiger partial charge on any atom is 0.327 e. The molecule has 0 amide bonds. The summed E-state index contributed by atoms with van der Waals surface area (Å²) >= 11 is 11.5. The topological polar surface area (TPSA) is 52.3 Å². The first-order valence-electron chi connectivity index (χ1n) is 4.43. The van der Waals surface area contributed by atoms with Crippen LogP contribution in [0.25, 0.3) is 0 Å². The van der Waals surface area contributed by atoms with Crippen molar-refractivity contribution >= 4 is 41.6 Å². The number of benzene rings is 1. The van der Waals surface area contributed by atoms with Gasteiger partial charge in [0.1, 0.15) is 6.04 Å². The Kier molecular flexibility index (Phi) is 6.76. The van der Waals surface area contributed by atoms with Crippen molar-refractivity contribution in [3.05, 3.63) is 33.8 Å². The first-order valence-corrected chi connectivity index (χ1v) is 5.19. The highest BCUT2D eigenvalue weighted by molar-refractivity contribution is 6.42. The van der Waals surface area contributed by atoms with Gasteiger partial charge in [-0.3, -0.25) is 0 Å². The molecule has 0 heterocycles. The van der Waals surface area contributed by atoms with E-state index in [0.29, 0.717) is 22.2 Å². The fourth-order valence-electron chi connectivity index (χ4n) is 1.07. The molecular formula is C10H12Cl3NO2. The first-order chi connectivity index (χ1) is 7.06. The molecule has 0 aromatic heterocycles. The SMILES string of the molecule is CCOC(=O)C(N)c1ccc(Cl)c(Cl)c1.Cl. The Bertz CT molecular complexity index is 371. The van der Waals surface area contributed by atoms with Crippen molar-refractivity contribution in [3.8, 4) is 0 Å². The Balaban J connectivity index is 0.00000225. The van der Waals surface area contributed by atoms with Gasteiger partial charge in [-0.25, -0.2) is 4.79 Å². The second kappa shape index (κ2) is 6.97.